The van der Waals surface area contributed by atoms with Crippen molar-refractivity contribution in [2.45, 2.75) is 33.6 Å². The summed E-state index contributed by atoms with van der Waals surface area (Å²) in [5, 5.41) is 0.527. The second-order valence-corrected chi connectivity index (χ2v) is 7.04. The summed E-state index contributed by atoms with van der Waals surface area (Å²) in [7, 11) is 0. The van der Waals surface area contributed by atoms with Crippen molar-refractivity contribution in [3.63, 3.8) is 0 Å². The van der Waals surface area contributed by atoms with Crippen LogP contribution in [0.1, 0.15) is 42.0 Å². The predicted octanol–water partition coefficient (Wildman–Crippen LogP) is 3.29. The summed E-state index contributed by atoms with van der Waals surface area (Å²) in [6.45, 7) is 9.56. The summed E-state index contributed by atoms with van der Waals surface area (Å²) >= 11 is 6.31. The molecular formula is C20H26ClN5O2. The van der Waals surface area contributed by atoms with Gasteiger partial charge in [-0.15, -0.1) is 0 Å². The molecule has 7 nitrogen and oxygen atoms in total. The van der Waals surface area contributed by atoms with Crippen molar-refractivity contribution in [3.8, 4) is 0 Å². The van der Waals surface area contributed by atoms with Gasteiger partial charge in [-0.05, 0) is 32.4 Å². The van der Waals surface area contributed by atoms with Gasteiger partial charge in [0.15, 0.2) is 0 Å². The zero-order valence-electron chi connectivity index (χ0n) is 16.6. The molecule has 0 amide bonds. The quantitative estimate of drug-likeness (QED) is 0.560. The fraction of sp³-hybridized carbons (Fsp3) is 0.500. The summed E-state index contributed by atoms with van der Waals surface area (Å²) in [5.41, 5.74) is 1.39. The molecular weight excluding hydrogens is 378 g/mol. The highest BCUT2D eigenvalue weighted by Gasteiger charge is 2.20. The Labute approximate surface area is 170 Å². The van der Waals surface area contributed by atoms with Crippen molar-refractivity contribution in [3.05, 3.63) is 40.4 Å². The molecule has 0 unspecified atom stereocenters. The molecule has 1 aliphatic rings. The highest BCUT2D eigenvalue weighted by Crippen LogP contribution is 2.25. The fourth-order valence-electron chi connectivity index (χ4n) is 3.25. The molecule has 150 valence electrons. The molecule has 0 N–H and O–H groups in total. The number of pyridine rings is 1. The van der Waals surface area contributed by atoms with Gasteiger partial charge in [-0.3, -0.25) is 0 Å². The Morgan fingerprint density at radius 1 is 1.14 bits per heavy atom. The van der Waals surface area contributed by atoms with Gasteiger partial charge in [-0.1, -0.05) is 18.5 Å². The lowest BCUT2D eigenvalue weighted by molar-refractivity contribution is 0.0526. The number of hydrogen-bond acceptors (Lipinski definition) is 7. The lowest BCUT2D eigenvalue weighted by atomic mass is 10.2. The second kappa shape index (κ2) is 9.19. The molecule has 0 radical (unpaired) electrons. The van der Waals surface area contributed by atoms with Gasteiger partial charge in [0.05, 0.1) is 12.2 Å². The van der Waals surface area contributed by atoms with Gasteiger partial charge in [-0.25, -0.2) is 19.7 Å². The third kappa shape index (κ3) is 4.52. The van der Waals surface area contributed by atoms with Gasteiger partial charge in [0.2, 0.25) is 0 Å². The Kier molecular flexibility index (Phi) is 6.67. The van der Waals surface area contributed by atoms with E-state index >= 15 is 0 Å². The summed E-state index contributed by atoms with van der Waals surface area (Å²) in [6.07, 6.45) is 3.31. The van der Waals surface area contributed by atoms with Crippen LogP contribution >= 0.6 is 11.6 Å². The fourth-order valence-corrected chi connectivity index (χ4v) is 3.44. The number of carbonyl (C=O) groups is 1. The minimum absolute atomic E-state index is 0.341. The van der Waals surface area contributed by atoms with Crippen LogP contribution in [0.15, 0.2) is 18.3 Å². The van der Waals surface area contributed by atoms with Crippen LogP contribution in [-0.2, 0) is 11.2 Å². The number of nitrogens with zero attached hydrogens (tertiary/aromatic N) is 5. The molecule has 1 fully saturated rings. The van der Waals surface area contributed by atoms with Crippen LogP contribution in [-0.4, -0.2) is 53.7 Å². The number of halogens is 1. The zero-order valence-corrected chi connectivity index (χ0v) is 17.4. The van der Waals surface area contributed by atoms with Crippen molar-refractivity contribution in [2.75, 3.05) is 42.6 Å². The number of hydrogen-bond donors (Lipinski definition) is 0. The Hall–Kier alpha value is -2.41. The Bertz CT molecular complexity index is 828. The maximum Gasteiger partial charge on any atom is 0.339 e. The van der Waals surface area contributed by atoms with E-state index in [1.807, 2.05) is 19.9 Å². The molecule has 28 heavy (non-hydrogen) atoms. The summed E-state index contributed by atoms with van der Waals surface area (Å²) in [5.74, 6) is 2.21. The number of anilines is 2. The molecule has 3 heterocycles. The Morgan fingerprint density at radius 2 is 1.89 bits per heavy atom. The molecule has 0 spiro atoms. The van der Waals surface area contributed by atoms with Gasteiger partial charge in [0.25, 0.3) is 0 Å². The maximum absolute atomic E-state index is 11.8. The van der Waals surface area contributed by atoms with E-state index in [2.05, 4.69) is 19.8 Å². The summed E-state index contributed by atoms with van der Waals surface area (Å²) in [4.78, 5) is 29.8. The highest BCUT2D eigenvalue weighted by atomic mass is 35.5. The molecule has 2 aromatic heterocycles. The van der Waals surface area contributed by atoms with Gasteiger partial charge < -0.3 is 14.5 Å². The molecule has 0 atom stereocenters. The lowest BCUT2D eigenvalue weighted by Gasteiger charge is -2.25. The number of rotatable bonds is 5. The number of aromatic nitrogens is 3. The summed E-state index contributed by atoms with van der Waals surface area (Å²) in [6, 6.07) is 3.65. The predicted molar refractivity (Wildman–Crippen MR) is 110 cm³/mol. The molecule has 3 rings (SSSR count). The number of esters is 1. The van der Waals surface area contributed by atoms with Crippen molar-refractivity contribution in [1.29, 1.82) is 0 Å². The first kappa shape index (κ1) is 20.3. The van der Waals surface area contributed by atoms with E-state index in [4.69, 9.17) is 21.3 Å². The van der Waals surface area contributed by atoms with E-state index in [1.54, 1.807) is 19.2 Å². The third-order valence-electron chi connectivity index (χ3n) is 4.80. The van der Waals surface area contributed by atoms with Crippen LogP contribution < -0.4 is 9.80 Å². The minimum Gasteiger partial charge on any atom is -0.462 e. The topological polar surface area (TPSA) is 71.5 Å². The molecule has 1 saturated heterocycles. The van der Waals surface area contributed by atoms with Gasteiger partial charge >= 0.3 is 5.97 Å². The van der Waals surface area contributed by atoms with Crippen molar-refractivity contribution >= 4 is 29.2 Å². The molecule has 1 aliphatic heterocycles. The number of aryl methyl sites for hydroxylation is 1. The smallest absolute Gasteiger partial charge is 0.339 e. The first-order valence-corrected chi connectivity index (χ1v) is 10.1. The van der Waals surface area contributed by atoms with Crippen molar-refractivity contribution in [1.82, 2.24) is 15.0 Å². The molecule has 0 bridgehead atoms. The summed E-state index contributed by atoms with van der Waals surface area (Å²) < 4.78 is 5.01. The Balaban J connectivity index is 1.72. The third-order valence-corrected chi connectivity index (χ3v) is 5.17. The van der Waals surface area contributed by atoms with Crippen LogP contribution in [0.4, 0.5) is 11.6 Å². The van der Waals surface area contributed by atoms with Gasteiger partial charge in [-0.2, -0.15) is 0 Å². The van der Waals surface area contributed by atoms with Crippen molar-refractivity contribution in [2.24, 2.45) is 0 Å². The highest BCUT2D eigenvalue weighted by molar-refractivity contribution is 6.30. The van der Waals surface area contributed by atoms with Gasteiger partial charge in [0.1, 0.15) is 22.6 Å². The van der Waals surface area contributed by atoms with E-state index in [0.29, 0.717) is 17.3 Å². The van der Waals surface area contributed by atoms with E-state index in [9.17, 15) is 4.79 Å². The minimum atomic E-state index is -0.341. The van der Waals surface area contributed by atoms with Crippen molar-refractivity contribution < 1.29 is 9.53 Å². The average Bonchev–Trinajstić information content (AvgIpc) is 2.96. The molecule has 8 heteroatoms. The zero-order chi connectivity index (χ0) is 20.1. The second-order valence-electron chi connectivity index (χ2n) is 6.69. The van der Waals surface area contributed by atoms with E-state index in [-0.39, 0.29) is 5.97 Å². The van der Waals surface area contributed by atoms with Crippen LogP contribution in [0.25, 0.3) is 0 Å². The molecule has 0 aliphatic carbocycles. The first-order valence-electron chi connectivity index (χ1n) is 9.69. The lowest BCUT2D eigenvalue weighted by Crippen LogP contribution is -2.32. The number of ether oxygens (including phenoxy) is 1. The van der Waals surface area contributed by atoms with Gasteiger partial charge in [0, 0.05) is 44.4 Å². The normalized spacial score (nSPS) is 14.7. The number of carbonyl (C=O) groups excluding carboxylic acids is 1. The molecule has 2 aromatic rings. The maximum atomic E-state index is 11.8. The van der Waals surface area contributed by atoms with Crippen LogP contribution in [0.5, 0.6) is 0 Å². The molecule has 0 aromatic carbocycles. The van der Waals surface area contributed by atoms with Crippen LogP contribution in [0.3, 0.4) is 0 Å². The van der Waals surface area contributed by atoms with E-state index in [0.717, 1.165) is 62.0 Å². The first-order chi connectivity index (χ1) is 13.5. The monoisotopic (exact) mass is 403 g/mol. The average molecular weight is 404 g/mol. The van der Waals surface area contributed by atoms with Crippen LogP contribution in [0.2, 0.25) is 5.15 Å². The van der Waals surface area contributed by atoms with E-state index in [1.165, 1.54) is 0 Å². The van der Waals surface area contributed by atoms with E-state index < -0.39 is 0 Å². The SMILES string of the molecule is CCOC(=O)c1ccc(N2CCCN(c3nc(CC)nc(Cl)c3C)CC2)nc1. The largest absolute Gasteiger partial charge is 0.462 e. The standard InChI is InChI=1S/C20H26ClN5O2/c1-4-16-23-18(21)14(3)19(24-16)26-10-6-9-25(11-12-26)17-8-7-15(13-22-17)20(27)28-5-2/h7-8,13H,4-6,9-12H2,1-3H3. The Morgan fingerprint density at radius 3 is 2.57 bits per heavy atom. The molecule has 0 saturated carbocycles. The van der Waals surface area contributed by atoms with Crippen LogP contribution in [0, 0.1) is 6.92 Å².